The van der Waals surface area contributed by atoms with E-state index in [9.17, 15) is 14.7 Å². The van der Waals surface area contributed by atoms with Crippen LogP contribution in [0.4, 0.5) is 0 Å². The molecular weight excluding hydrogens is 412 g/mol. The second-order valence-electron chi connectivity index (χ2n) is 6.93. The number of ether oxygens (including phenoxy) is 1. The quantitative estimate of drug-likeness (QED) is 0.353. The zero-order valence-corrected chi connectivity index (χ0v) is 17.4. The van der Waals surface area contributed by atoms with Crippen LogP contribution in [0.5, 0.6) is 11.5 Å². The Bertz CT molecular complexity index is 1370. The molecule has 2 N–H and O–H groups in total. The van der Waals surface area contributed by atoms with Gasteiger partial charge in [-0.1, -0.05) is 18.2 Å². The highest BCUT2D eigenvalue weighted by Crippen LogP contribution is 2.25. The summed E-state index contributed by atoms with van der Waals surface area (Å²) in [5.41, 5.74) is 4.36. The Hall–Kier alpha value is -4.47. The number of aryl methyl sites for hydroxylation is 1. The van der Waals surface area contributed by atoms with Crippen molar-refractivity contribution in [2.45, 2.75) is 13.5 Å². The number of nitrogens with zero attached hydrogens (tertiary/aromatic N) is 5. The molecule has 0 saturated carbocycles. The first-order chi connectivity index (χ1) is 15.5. The van der Waals surface area contributed by atoms with Gasteiger partial charge in [0.15, 0.2) is 17.1 Å². The van der Waals surface area contributed by atoms with Crippen molar-refractivity contribution >= 4 is 23.2 Å². The highest BCUT2D eigenvalue weighted by atomic mass is 16.5. The number of hydrogen-bond donors (Lipinski definition) is 2. The molecule has 2 heterocycles. The average molecular weight is 432 g/mol. The van der Waals surface area contributed by atoms with E-state index >= 15 is 0 Å². The van der Waals surface area contributed by atoms with Crippen molar-refractivity contribution in [1.29, 1.82) is 0 Å². The van der Waals surface area contributed by atoms with Crippen LogP contribution in [0.2, 0.25) is 0 Å². The Morgan fingerprint density at radius 1 is 1.25 bits per heavy atom. The van der Waals surface area contributed by atoms with E-state index in [2.05, 4.69) is 20.6 Å². The number of phenols is 1. The Kier molecular flexibility index (Phi) is 5.67. The van der Waals surface area contributed by atoms with Crippen LogP contribution < -0.4 is 15.7 Å². The van der Waals surface area contributed by atoms with Gasteiger partial charge in [0.1, 0.15) is 18.3 Å². The first kappa shape index (κ1) is 20.8. The van der Waals surface area contributed by atoms with Crippen LogP contribution in [0.3, 0.4) is 0 Å². The molecule has 1 amide bonds. The van der Waals surface area contributed by atoms with E-state index in [-0.39, 0.29) is 23.6 Å². The van der Waals surface area contributed by atoms with Crippen LogP contribution in [0.15, 0.2) is 64.8 Å². The summed E-state index contributed by atoms with van der Waals surface area (Å²) in [4.78, 5) is 29.6. The molecule has 0 unspecified atom stereocenters. The lowest BCUT2D eigenvalue weighted by Gasteiger charge is -2.06. The number of hydrogen-bond acceptors (Lipinski definition) is 7. The zero-order chi connectivity index (χ0) is 22.7. The molecule has 10 nitrogen and oxygen atoms in total. The smallest absolute Gasteiger partial charge is 0.265 e. The SMILES string of the molecule is COc1cc(/C=N/NC(=O)Cn2cnc3c(c(C)nn3-c3ccccc3)c2=O)ccc1O. The maximum absolute atomic E-state index is 12.9. The number of nitrogens with one attached hydrogen (secondary N) is 1. The lowest BCUT2D eigenvalue weighted by molar-refractivity contribution is -0.121. The van der Waals surface area contributed by atoms with Crippen LogP contribution in [0.25, 0.3) is 16.7 Å². The number of amides is 1. The molecule has 0 aliphatic carbocycles. The summed E-state index contributed by atoms with van der Waals surface area (Å²) < 4.78 is 7.84. The van der Waals surface area contributed by atoms with E-state index < -0.39 is 5.91 Å². The molecule has 0 radical (unpaired) electrons. The predicted molar refractivity (Wildman–Crippen MR) is 118 cm³/mol. The second-order valence-corrected chi connectivity index (χ2v) is 6.93. The van der Waals surface area contributed by atoms with Crippen molar-refractivity contribution in [3.8, 4) is 17.2 Å². The van der Waals surface area contributed by atoms with Gasteiger partial charge < -0.3 is 9.84 Å². The number of carbonyl (C=O) groups excluding carboxylic acids is 1. The van der Waals surface area contributed by atoms with Gasteiger partial charge in [-0.05, 0) is 42.8 Å². The summed E-state index contributed by atoms with van der Waals surface area (Å²) in [7, 11) is 1.44. The molecule has 4 rings (SSSR count). The van der Waals surface area contributed by atoms with Crippen LogP contribution in [-0.2, 0) is 11.3 Å². The second kappa shape index (κ2) is 8.72. The predicted octanol–water partition coefficient (Wildman–Crippen LogP) is 1.76. The van der Waals surface area contributed by atoms with Crippen molar-refractivity contribution < 1.29 is 14.6 Å². The molecule has 162 valence electrons. The molecule has 0 aliphatic heterocycles. The topological polar surface area (TPSA) is 124 Å². The fourth-order valence-electron chi connectivity index (χ4n) is 3.21. The number of rotatable bonds is 6. The summed E-state index contributed by atoms with van der Waals surface area (Å²) in [6.07, 6.45) is 2.72. The third-order valence-electron chi connectivity index (χ3n) is 4.75. The van der Waals surface area contributed by atoms with E-state index in [0.717, 1.165) is 5.69 Å². The molecule has 2 aromatic carbocycles. The van der Waals surface area contributed by atoms with Crippen LogP contribution >= 0.6 is 0 Å². The largest absolute Gasteiger partial charge is 0.504 e. The van der Waals surface area contributed by atoms with Gasteiger partial charge in [-0.3, -0.25) is 14.2 Å². The Morgan fingerprint density at radius 3 is 2.78 bits per heavy atom. The number of methoxy groups -OCH3 is 1. The van der Waals surface area contributed by atoms with Gasteiger partial charge >= 0.3 is 0 Å². The molecule has 0 aliphatic rings. The lowest BCUT2D eigenvalue weighted by atomic mass is 10.2. The van der Waals surface area contributed by atoms with Gasteiger partial charge in [0, 0.05) is 0 Å². The fraction of sp³-hybridized carbons (Fsp3) is 0.136. The third-order valence-corrected chi connectivity index (χ3v) is 4.75. The van der Waals surface area contributed by atoms with Gasteiger partial charge in [-0.2, -0.15) is 10.2 Å². The van der Waals surface area contributed by atoms with Crippen LogP contribution in [-0.4, -0.2) is 43.7 Å². The third kappa shape index (κ3) is 4.06. The van der Waals surface area contributed by atoms with Crippen LogP contribution in [0, 0.1) is 6.92 Å². The summed E-state index contributed by atoms with van der Waals surface area (Å²) in [5, 5.41) is 18.3. The van der Waals surface area contributed by atoms with E-state index in [1.165, 1.54) is 30.3 Å². The highest BCUT2D eigenvalue weighted by Gasteiger charge is 2.16. The number of phenolic OH excluding ortho intramolecular Hbond substituents is 1. The van der Waals surface area contributed by atoms with Crippen molar-refractivity contribution in [1.82, 2.24) is 24.8 Å². The monoisotopic (exact) mass is 432 g/mol. The van der Waals surface area contributed by atoms with Crippen molar-refractivity contribution in [3.05, 3.63) is 76.5 Å². The first-order valence-electron chi connectivity index (χ1n) is 9.67. The molecule has 2 aromatic heterocycles. The van der Waals surface area contributed by atoms with E-state index in [4.69, 9.17) is 4.74 Å². The molecule has 32 heavy (non-hydrogen) atoms. The highest BCUT2D eigenvalue weighted by molar-refractivity contribution is 5.83. The maximum atomic E-state index is 12.9. The molecule has 0 fully saturated rings. The van der Waals surface area contributed by atoms with Gasteiger partial charge in [-0.25, -0.2) is 15.1 Å². The van der Waals surface area contributed by atoms with Gasteiger partial charge in [0.05, 0.1) is 24.7 Å². The van der Waals surface area contributed by atoms with E-state index in [1.807, 2.05) is 30.3 Å². The molecular formula is C22H20N6O4. The number of benzene rings is 2. The number of aromatic hydroxyl groups is 1. The Morgan fingerprint density at radius 2 is 2.03 bits per heavy atom. The van der Waals surface area contributed by atoms with E-state index in [1.54, 1.807) is 23.7 Å². The minimum Gasteiger partial charge on any atom is -0.504 e. The lowest BCUT2D eigenvalue weighted by Crippen LogP contribution is -2.30. The van der Waals surface area contributed by atoms with Crippen molar-refractivity contribution in [2.24, 2.45) is 5.10 Å². The summed E-state index contributed by atoms with van der Waals surface area (Å²) in [6, 6.07) is 14.0. The standard InChI is InChI=1S/C22H20N6O4/c1-14-20-21(28(26-14)16-6-4-3-5-7-16)23-13-27(22(20)31)12-19(30)25-24-11-15-8-9-17(29)18(10-15)32-2/h3-11,13,29H,12H2,1-2H3,(H,25,30)/b24-11+. The number of carbonyl (C=O) groups is 1. The van der Waals surface area contributed by atoms with Gasteiger partial charge in [0.25, 0.3) is 11.5 Å². The zero-order valence-electron chi connectivity index (χ0n) is 17.4. The van der Waals surface area contributed by atoms with Crippen molar-refractivity contribution in [3.63, 3.8) is 0 Å². The molecule has 0 atom stereocenters. The Balaban J connectivity index is 1.52. The molecule has 0 spiro atoms. The van der Waals surface area contributed by atoms with Crippen molar-refractivity contribution in [2.75, 3.05) is 7.11 Å². The number of fused-ring (bicyclic) bond motifs is 1. The molecule has 0 saturated heterocycles. The summed E-state index contributed by atoms with van der Waals surface area (Å²) >= 11 is 0. The first-order valence-corrected chi connectivity index (χ1v) is 9.67. The minimum absolute atomic E-state index is 0.00170. The fourth-order valence-corrected chi connectivity index (χ4v) is 3.21. The van der Waals surface area contributed by atoms with Crippen LogP contribution in [0.1, 0.15) is 11.3 Å². The number of para-hydroxylation sites is 1. The summed E-state index contributed by atoms with van der Waals surface area (Å²) in [6.45, 7) is 1.47. The van der Waals surface area contributed by atoms with Gasteiger partial charge in [0.2, 0.25) is 0 Å². The van der Waals surface area contributed by atoms with Gasteiger partial charge in [-0.15, -0.1) is 0 Å². The number of hydrazone groups is 1. The number of aromatic nitrogens is 4. The molecule has 10 heteroatoms. The molecule has 0 bridgehead atoms. The minimum atomic E-state index is -0.497. The average Bonchev–Trinajstić information content (AvgIpc) is 3.14. The maximum Gasteiger partial charge on any atom is 0.265 e. The Labute approximate surface area is 182 Å². The van der Waals surface area contributed by atoms with E-state index in [0.29, 0.717) is 22.3 Å². The normalized spacial score (nSPS) is 11.2. The summed E-state index contributed by atoms with van der Waals surface area (Å²) in [5.74, 6) is -0.206. The molecule has 4 aromatic rings.